The van der Waals surface area contributed by atoms with Crippen LogP contribution in [0.3, 0.4) is 0 Å². The lowest BCUT2D eigenvalue weighted by Crippen LogP contribution is -2.37. The molecule has 8 nitrogen and oxygen atoms in total. The van der Waals surface area contributed by atoms with Crippen LogP contribution < -0.4 is 19.9 Å². The Balaban J connectivity index is 1.24. The Morgan fingerprint density at radius 2 is 1.97 bits per heavy atom. The second-order valence-electron chi connectivity index (χ2n) is 7.83. The number of hydrogen-bond donors (Lipinski definition) is 1. The third kappa shape index (κ3) is 6.02. The van der Waals surface area contributed by atoms with Crippen molar-refractivity contribution in [3.8, 4) is 5.75 Å². The van der Waals surface area contributed by atoms with E-state index in [2.05, 4.69) is 5.32 Å². The minimum absolute atomic E-state index is 0.0948. The van der Waals surface area contributed by atoms with Crippen LogP contribution in [0, 0.1) is 5.82 Å². The van der Waals surface area contributed by atoms with Crippen molar-refractivity contribution in [3.05, 3.63) is 52.3 Å². The quantitative estimate of drug-likeness (QED) is 0.579. The van der Waals surface area contributed by atoms with Crippen LogP contribution in [0.5, 0.6) is 5.75 Å². The number of cyclic esters (lactones) is 1. The van der Waals surface area contributed by atoms with Crippen LogP contribution >= 0.6 is 23.2 Å². The molecule has 2 aliphatic rings. The summed E-state index contributed by atoms with van der Waals surface area (Å²) in [6.45, 7) is 2.78. The van der Waals surface area contributed by atoms with Gasteiger partial charge >= 0.3 is 6.09 Å². The van der Waals surface area contributed by atoms with E-state index in [1.54, 1.807) is 30.3 Å². The van der Waals surface area contributed by atoms with Gasteiger partial charge < -0.3 is 24.4 Å². The lowest BCUT2D eigenvalue weighted by molar-refractivity contribution is -0.121. The first-order valence-electron chi connectivity index (χ1n) is 10.9. The number of halogens is 3. The highest BCUT2D eigenvalue weighted by Crippen LogP contribution is 2.29. The van der Waals surface area contributed by atoms with E-state index < -0.39 is 18.0 Å². The highest BCUT2D eigenvalue weighted by atomic mass is 35.5. The number of morpholine rings is 1. The predicted molar refractivity (Wildman–Crippen MR) is 127 cm³/mol. The summed E-state index contributed by atoms with van der Waals surface area (Å²) in [4.78, 5) is 27.7. The van der Waals surface area contributed by atoms with Crippen molar-refractivity contribution in [1.29, 1.82) is 0 Å². The molecule has 34 heavy (non-hydrogen) atoms. The van der Waals surface area contributed by atoms with Crippen molar-refractivity contribution in [3.63, 3.8) is 0 Å². The van der Waals surface area contributed by atoms with Crippen LogP contribution in [0.15, 0.2) is 36.4 Å². The van der Waals surface area contributed by atoms with E-state index in [1.165, 1.54) is 11.0 Å². The summed E-state index contributed by atoms with van der Waals surface area (Å²) >= 11 is 11.9. The van der Waals surface area contributed by atoms with Crippen molar-refractivity contribution >= 4 is 46.6 Å². The standard InChI is InChI=1S/C23H24Cl2FN3O5/c24-15-1-4-21(18(25)11-15)33-8-5-22(30)27-13-17-14-29(23(31)34-17)16-2-3-20(19(26)12-16)28-6-9-32-10-7-28/h1-4,11-12,17H,5-10,13-14H2,(H,27,30)/t17-/m0/s1. The number of nitrogens with zero attached hydrogens (tertiary/aromatic N) is 2. The molecule has 0 unspecified atom stereocenters. The van der Waals surface area contributed by atoms with Crippen molar-refractivity contribution in [2.24, 2.45) is 0 Å². The number of amides is 2. The fourth-order valence-electron chi connectivity index (χ4n) is 3.73. The second-order valence-corrected chi connectivity index (χ2v) is 8.67. The average molecular weight is 512 g/mol. The maximum atomic E-state index is 14.7. The molecule has 182 valence electrons. The largest absolute Gasteiger partial charge is 0.491 e. The average Bonchev–Trinajstić information content (AvgIpc) is 3.20. The molecule has 11 heteroatoms. The van der Waals surface area contributed by atoms with Crippen molar-refractivity contribution < 1.29 is 28.2 Å². The molecule has 2 aromatic carbocycles. The monoisotopic (exact) mass is 511 g/mol. The van der Waals surface area contributed by atoms with Gasteiger partial charge in [0.25, 0.3) is 0 Å². The van der Waals surface area contributed by atoms with Gasteiger partial charge in [0.15, 0.2) is 0 Å². The van der Waals surface area contributed by atoms with Crippen molar-refractivity contribution in [1.82, 2.24) is 5.32 Å². The van der Waals surface area contributed by atoms with Crippen LogP contribution in [-0.2, 0) is 14.3 Å². The zero-order valence-corrected chi connectivity index (χ0v) is 19.8. The second kappa shape index (κ2) is 11.1. The van der Waals surface area contributed by atoms with E-state index in [0.717, 1.165) is 0 Å². The van der Waals surface area contributed by atoms with Crippen LogP contribution in [-0.4, -0.2) is 64.1 Å². The number of nitrogens with one attached hydrogen (secondary N) is 1. The lowest BCUT2D eigenvalue weighted by Gasteiger charge is -2.29. The van der Waals surface area contributed by atoms with E-state index >= 15 is 0 Å². The van der Waals surface area contributed by atoms with Gasteiger partial charge in [-0.2, -0.15) is 0 Å². The molecular formula is C23H24Cl2FN3O5. The SMILES string of the molecule is O=C(CCOc1ccc(Cl)cc1Cl)NC[C@H]1CN(c2ccc(N3CCOCC3)c(F)c2)C(=O)O1. The topological polar surface area (TPSA) is 80.3 Å². The fraction of sp³-hybridized carbons (Fsp3) is 0.391. The molecule has 0 aromatic heterocycles. The summed E-state index contributed by atoms with van der Waals surface area (Å²) in [5.74, 6) is -0.240. The summed E-state index contributed by atoms with van der Waals surface area (Å²) in [6.07, 6.45) is -1.04. The Morgan fingerprint density at radius 1 is 1.18 bits per heavy atom. The van der Waals surface area contributed by atoms with Crippen molar-refractivity contribution in [2.45, 2.75) is 12.5 Å². The molecule has 2 heterocycles. The molecule has 1 N–H and O–H groups in total. The summed E-state index contributed by atoms with van der Waals surface area (Å²) in [6, 6.07) is 9.50. The Bertz CT molecular complexity index is 1050. The summed E-state index contributed by atoms with van der Waals surface area (Å²) < 4.78 is 30.8. The van der Waals surface area contributed by atoms with Gasteiger partial charge in [0.1, 0.15) is 17.7 Å². The highest BCUT2D eigenvalue weighted by Gasteiger charge is 2.33. The van der Waals surface area contributed by atoms with Gasteiger partial charge in [0.2, 0.25) is 5.91 Å². The molecule has 0 aliphatic carbocycles. The highest BCUT2D eigenvalue weighted by molar-refractivity contribution is 6.35. The van der Waals surface area contributed by atoms with E-state index in [1.807, 2.05) is 4.90 Å². The molecule has 0 radical (unpaired) electrons. The van der Waals surface area contributed by atoms with Gasteiger partial charge in [-0.25, -0.2) is 9.18 Å². The summed E-state index contributed by atoms with van der Waals surface area (Å²) in [7, 11) is 0. The molecule has 2 saturated heterocycles. The third-order valence-corrected chi connectivity index (χ3v) is 6.01. The zero-order chi connectivity index (χ0) is 24.1. The van der Waals surface area contributed by atoms with Gasteiger partial charge in [-0.3, -0.25) is 9.69 Å². The normalized spacial score (nSPS) is 18.1. The van der Waals surface area contributed by atoms with Gasteiger partial charge in [0, 0.05) is 18.1 Å². The van der Waals surface area contributed by atoms with E-state index in [4.69, 9.17) is 37.4 Å². The zero-order valence-electron chi connectivity index (χ0n) is 18.3. The molecular weight excluding hydrogens is 488 g/mol. The molecule has 2 aromatic rings. The predicted octanol–water partition coefficient (Wildman–Crippen LogP) is 3.88. The maximum Gasteiger partial charge on any atom is 0.414 e. The Hall–Kier alpha value is -2.75. The van der Waals surface area contributed by atoms with Crippen LogP contribution in [0.4, 0.5) is 20.6 Å². The number of carbonyl (C=O) groups excluding carboxylic acids is 2. The summed E-state index contributed by atoms with van der Waals surface area (Å²) in [5, 5.41) is 3.57. The van der Waals surface area contributed by atoms with E-state index in [-0.39, 0.29) is 32.0 Å². The first-order chi connectivity index (χ1) is 16.4. The number of carbonyl (C=O) groups is 2. The third-order valence-electron chi connectivity index (χ3n) is 5.48. The Morgan fingerprint density at radius 3 is 2.71 bits per heavy atom. The molecule has 0 spiro atoms. The van der Waals surface area contributed by atoms with E-state index in [0.29, 0.717) is 53.5 Å². The first-order valence-corrected chi connectivity index (χ1v) is 11.6. The molecule has 2 aliphatic heterocycles. The molecule has 1 atom stereocenters. The molecule has 4 rings (SSSR count). The van der Waals surface area contributed by atoms with Gasteiger partial charge in [-0.15, -0.1) is 0 Å². The van der Waals surface area contributed by atoms with E-state index in [9.17, 15) is 14.0 Å². The number of ether oxygens (including phenoxy) is 3. The van der Waals surface area contributed by atoms with Crippen LogP contribution in [0.1, 0.15) is 6.42 Å². The minimum Gasteiger partial charge on any atom is -0.491 e. The smallest absolute Gasteiger partial charge is 0.414 e. The van der Waals surface area contributed by atoms with Crippen LogP contribution in [0.2, 0.25) is 10.0 Å². The summed E-state index contributed by atoms with van der Waals surface area (Å²) in [5.41, 5.74) is 0.882. The van der Waals surface area contributed by atoms with Gasteiger partial charge in [0.05, 0.1) is 55.7 Å². The molecule has 0 saturated carbocycles. The van der Waals surface area contributed by atoms with Gasteiger partial charge in [-0.1, -0.05) is 23.2 Å². The fourth-order valence-corrected chi connectivity index (χ4v) is 4.19. The van der Waals surface area contributed by atoms with Crippen molar-refractivity contribution in [2.75, 3.05) is 55.8 Å². The van der Waals surface area contributed by atoms with Crippen LogP contribution in [0.25, 0.3) is 0 Å². The number of hydrogen-bond acceptors (Lipinski definition) is 6. The Labute approximate surface area is 206 Å². The molecule has 2 amide bonds. The number of anilines is 2. The Kier molecular flexibility index (Phi) is 7.97. The maximum absolute atomic E-state index is 14.7. The number of benzene rings is 2. The number of rotatable bonds is 8. The molecule has 2 fully saturated rings. The minimum atomic E-state index is -0.585. The molecule has 0 bridgehead atoms. The van der Waals surface area contributed by atoms with Gasteiger partial charge in [-0.05, 0) is 36.4 Å². The lowest BCUT2D eigenvalue weighted by atomic mass is 10.2. The first kappa shape index (κ1) is 24.4.